The highest BCUT2D eigenvalue weighted by atomic mass is 16.6. The van der Waals surface area contributed by atoms with E-state index in [2.05, 4.69) is 19.9 Å². The van der Waals surface area contributed by atoms with E-state index in [4.69, 9.17) is 9.47 Å². The van der Waals surface area contributed by atoms with Crippen LogP contribution in [0.3, 0.4) is 0 Å². The van der Waals surface area contributed by atoms with Gasteiger partial charge in [0.2, 0.25) is 0 Å². The molecule has 0 spiro atoms. The lowest BCUT2D eigenvalue weighted by Gasteiger charge is -2.06. The first-order valence-electron chi connectivity index (χ1n) is 5.20. The molecule has 0 aliphatic carbocycles. The summed E-state index contributed by atoms with van der Waals surface area (Å²) in [4.78, 5) is 0. The lowest BCUT2D eigenvalue weighted by molar-refractivity contribution is 0.133. The van der Waals surface area contributed by atoms with E-state index in [-0.39, 0.29) is 0 Å². The van der Waals surface area contributed by atoms with Gasteiger partial charge < -0.3 is 9.47 Å². The van der Waals surface area contributed by atoms with E-state index in [1.165, 1.54) is 24.8 Å². The number of hydrogen-bond donors (Lipinski definition) is 0. The average Bonchev–Trinajstić information content (AvgIpc) is 2.94. The summed E-state index contributed by atoms with van der Waals surface area (Å²) in [6, 6.07) is 0. The average molecular weight is 184 g/mol. The molecule has 1 fully saturated rings. The summed E-state index contributed by atoms with van der Waals surface area (Å²) in [7, 11) is 0. The summed E-state index contributed by atoms with van der Waals surface area (Å²) in [6.45, 7) is 6.74. The molecule has 0 aromatic carbocycles. The lowest BCUT2D eigenvalue weighted by Crippen LogP contribution is -2.04. The van der Waals surface area contributed by atoms with Crippen LogP contribution < -0.4 is 0 Å². The maximum Gasteiger partial charge on any atom is 0.104 e. The maximum atomic E-state index is 5.51. The molecule has 0 radical (unpaired) electrons. The second kappa shape index (κ2) is 6.17. The molecule has 1 aliphatic heterocycles. The van der Waals surface area contributed by atoms with Crippen LogP contribution in [-0.4, -0.2) is 25.9 Å². The summed E-state index contributed by atoms with van der Waals surface area (Å²) in [5.74, 6) is 0. The van der Waals surface area contributed by atoms with Crippen molar-refractivity contribution in [3.63, 3.8) is 0 Å². The van der Waals surface area contributed by atoms with Crippen LogP contribution in [0.2, 0.25) is 0 Å². The van der Waals surface area contributed by atoms with Gasteiger partial charge in [-0.1, -0.05) is 19.4 Å². The molecule has 2 nitrogen and oxygen atoms in total. The van der Waals surface area contributed by atoms with Crippen LogP contribution in [0.4, 0.5) is 0 Å². The Morgan fingerprint density at radius 1 is 1.62 bits per heavy atom. The smallest absolute Gasteiger partial charge is 0.104 e. The van der Waals surface area contributed by atoms with Gasteiger partial charge in [0.25, 0.3) is 0 Å². The van der Waals surface area contributed by atoms with E-state index in [0.29, 0.717) is 6.10 Å². The van der Waals surface area contributed by atoms with Crippen LogP contribution in [0, 0.1) is 0 Å². The zero-order valence-electron chi connectivity index (χ0n) is 8.71. The van der Waals surface area contributed by atoms with E-state index < -0.39 is 0 Å². The summed E-state index contributed by atoms with van der Waals surface area (Å²) in [5.41, 5.74) is 1.42. The Morgan fingerprint density at radius 3 is 2.92 bits per heavy atom. The second-order valence-electron chi connectivity index (χ2n) is 3.52. The SMILES string of the molecule is C/C=C(\CCCC)COCC1CO1. The van der Waals surface area contributed by atoms with Crippen LogP contribution in [-0.2, 0) is 9.47 Å². The van der Waals surface area contributed by atoms with Crippen molar-refractivity contribution in [3.8, 4) is 0 Å². The Morgan fingerprint density at radius 2 is 2.38 bits per heavy atom. The summed E-state index contributed by atoms with van der Waals surface area (Å²) in [6.07, 6.45) is 6.26. The Hall–Kier alpha value is -0.340. The molecule has 1 heterocycles. The molecule has 0 aromatic rings. The van der Waals surface area contributed by atoms with Crippen LogP contribution >= 0.6 is 0 Å². The maximum absolute atomic E-state index is 5.51. The van der Waals surface area contributed by atoms with E-state index in [9.17, 15) is 0 Å². The fourth-order valence-corrected chi connectivity index (χ4v) is 1.19. The molecular formula is C11H20O2. The Kier molecular flexibility index (Phi) is 5.09. The highest BCUT2D eigenvalue weighted by molar-refractivity contribution is 5.00. The van der Waals surface area contributed by atoms with Crippen molar-refractivity contribution in [2.24, 2.45) is 0 Å². The van der Waals surface area contributed by atoms with Gasteiger partial charge in [-0.3, -0.25) is 0 Å². The molecule has 0 aromatic heterocycles. The molecule has 1 rings (SSSR count). The third-order valence-electron chi connectivity index (χ3n) is 2.25. The molecule has 1 unspecified atom stereocenters. The fourth-order valence-electron chi connectivity index (χ4n) is 1.19. The van der Waals surface area contributed by atoms with Gasteiger partial charge in [0.1, 0.15) is 6.10 Å². The highest BCUT2D eigenvalue weighted by Crippen LogP contribution is 2.11. The largest absolute Gasteiger partial charge is 0.374 e. The number of allylic oxidation sites excluding steroid dienone is 1. The van der Waals surface area contributed by atoms with Crippen molar-refractivity contribution < 1.29 is 9.47 Å². The van der Waals surface area contributed by atoms with Gasteiger partial charge in [-0.05, 0) is 25.3 Å². The molecule has 0 saturated carbocycles. The van der Waals surface area contributed by atoms with Gasteiger partial charge in [-0.25, -0.2) is 0 Å². The van der Waals surface area contributed by atoms with Crippen molar-refractivity contribution in [1.82, 2.24) is 0 Å². The predicted octanol–water partition coefficient (Wildman–Crippen LogP) is 2.54. The second-order valence-corrected chi connectivity index (χ2v) is 3.52. The molecule has 1 saturated heterocycles. The molecule has 0 bridgehead atoms. The number of unbranched alkanes of at least 4 members (excludes halogenated alkanes) is 1. The zero-order chi connectivity index (χ0) is 9.52. The van der Waals surface area contributed by atoms with E-state index in [1.807, 2.05) is 0 Å². The first-order valence-corrected chi connectivity index (χ1v) is 5.20. The van der Waals surface area contributed by atoms with E-state index >= 15 is 0 Å². The molecule has 1 aliphatic rings. The lowest BCUT2D eigenvalue weighted by atomic mass is 10.1. The monoisotopic (exact) mass is 184 g/mol. The molecule has 76 valence electrons. The van der Waals surface area contributed by atoms with E-state index in [1.54, 1.807) is 0 Å². The fraction of sp³-hybridized carbons (Fsp3) is 0.818. The topological polar surface area (TPSA) is 21.8 Å². The van der Waals surface area contributed by atoms with Gasteiger partial charge in [0, 0.05) is 0 Å². The molecule has 1 atom stereocenters. The standard InChI is InChI=1S/C11H20O2/c1-3-5-6-10(4-2)7-12-8-11-9-13-11/h4,11H,3,5-9H2,1-2H3/b10-4+. The van der Waals surface area contributed by atoms with Crippen LogP contribution in [0.25, 0.3) is 0 Å². The van der Waals surface area contributed by atoms with Crippen molar-refractivity contribution in [1.29, 1.82) is 0 Å². The molecule has 13 heavy (non-hydrogen) atoms. The summed E-state index contributed by atoms with van der Waals surface area (Å²) < 4.78 is 10.6. The summed E-state index contributed by atoms with van der Waals surface area (Å²) in [5, 5.41) is 0. The van der Waals surface area contributed by atoms with E-state index in [0.717, 1.165) is 19.8 Å². The highest BCUT2D eigenvalue weighted by Gasteiger charge is 2.22. The molecule has 2 heteroatoms. The minimum Gasteiger partial charge on any atom is -0.374 e. The first-order chi connectivity index (χ1) is 6.36. The van der Waals surface area contributed by atoms with Crippen LogP contribution in [0.15, 0.2) is 11.6 Å². The quantitative estimate of drug-likeness (QED) is 0.448. The number of ether oxygens (including phenoxy) is 2. The number of hydrogen-bond acceptors (Lipinski definition) is 2. The van der Waals surface area contributed by atoms with Crippen molar-refractivity contribution in [2.45, 2.75) is 39.2 Å². The van der Waals surface area contributed by atoms with Gasteiger partial charge in [0.15, 0.2) is 0 Å². The van der Waals surface area contributed by atoms with Crippen LogP contribution in [0.1, 0.15) is 33.1 Å². The number of rotatable bonds is 7. The Bertz CT molecular complexity index is 159. The summed E-state index contributed by atoms with van der Waals surface area (Å²) >= 11 is 0. The van der Waals surface area contributed by atoms with Gasteiger partial charge in [0.05, 0.1) is 19.8 Å². The van der Waals surface area contributed by atoms with Gasteiger partial charge >= 0.3 is 0 Å². The normalized spacial score (nSPS) is 22.0. The van der Waals surface area contributed by atoms with Gasteiger partial charge in [-0.2, -0.15) is 0 Å². The minimum absolute atomic E-state index is 0.393. The van der Waals surface area contributed by atoms with Crippen molar-refractivity contribution in [3.05, 3.63) is 11.6 Å². The third kappa shape index (κ3) is 5.06. The molecule has 0 N–H and O–H groups in total. The first kappa shape index (κ1) is 10.7. The van der Waals surface area contributed by atoms with Gasteiger partial charge in [-0.15, -0.1) is 0 Å². The Labute approximate surface area is 80.9 Å². The molecular weight excluding hydrogens is 164 g/mol. The number of epoxide rings is 1. The minimum atomic E-state index is 0.393. The van der Waals surface area contributed by atoms with Crippen LogP contribution in [0.5, 0.6) is 0 Å². The van der Waals surface area contributed by atoms with Crippen molar-refractivity contribution in [2.75, 3.05) is 19.8 Å². The third-order valence-corrected chi connectivity index (χ3v) is 2.25. The Balaban J connectivity index is 2.01. The zero-order valence-corrected chi connectivity index (χ0v) is 8.71. The molecule has 0 amide bonds. The predicted molar refractivity (Wildman–Crippen MR) is 53.8 cm³/mol. The van der Waals surface area contributed by atoms with Crippen molar-refractivity contribution >= 4 is 0 Å².